The smallest absolute Gasteiger partial charge is 0.243 e. The lowest BCUT2D eigenvalue weighted by atomic mass is 10.2. The van der Waals surface area contributed by atoms with Crippen LogP contribution < -0.4 is 5.32 Å². The maximum atomic E-state index is 13.2. The quantitative estimate of drug-likeness (QED) is 0.331. The van der Waals surface area contributed by atoms with Gasteiger partial charge in [-0.25, -0.2) is 8.42 Å². The van der Waals surface area contributed by atoms with Gasteiger partial charge in [-0.05, 0) is 50.6 Å². The summed E-state index contributed by atoms with van der Waals surface area (Å²) >= 11 is 13.4. The summed E-state index contributed by atoms with van der Waals surface area (Å²) in [4.78, 5) is 13.1. The van der Waals surface area contributed by atoms with E-state index in [4.69, 9.17) is 27.9 Å². The van der Waals surface area contributed by atoms with Gasteiger partial charge in [0.1, 0.15) is 0 Å². The molecule has 1 fully saturated rings. The minimum absolute atomic E-state index is 0.00371. The van der Waals surface area contributed by atoms with Crippen molar-refractivity contribution in [1.82, 2.24) is 19.1 Å². The number of nitrogens with one attached hydrogen (secondary N) is 1. The van der Waals surface area contributed by atoms with Crippen molar-refractivity contribution in [1.29, 1.82) is 0 Å². The Labute approximate surface area is 236 Å². The molecule has 0 unspecified atom stereocenters. The van der Waals surface area contributed by atoms with Gasteiger partial charge in [0.15, 0.2) is 11.0 Å². The number of halogens is 2. The van der Waals surface area contributed by atoms with Gasteiger partial charge in [-0.2, -0.15) is 4.31 Å². The fourth-order valence-electron chi connectivity index (χ4n) is 3.95. The van der Waals surface area contributed by atoms with Crippen LogP contribution in [0.5, 0.6) is 0 Å². The predicted molar refractivity (Wildman–Crippen MR) is 150 cm³/mol. The number of ether oxygens (including phenoxy) is 1. The van der Waals surface area contributed by atoms with Gasteiger partial charge < -0.3 is 10.1 Å². The van der Waals surface area contributed by atoms with Crippen LogP contribution in [0.2, 0.25) is 10.0 Å². The number of thioether (sulfide) groups is 1. The zero-order chi connectivity index (χ0) is 27.4. The van der Waals surface area contributed by atoms with Crippen LogP contribution in [0.1, 0.15) is 33.2 Å². The molecule has 1 amide bonds. The maximum absolute atomic E-state index is 13.2. The number of sulfonamides is 1. The second-order valence-corrected chi connectivity index (χ2v) is 13.0. The fraction of sp³-hybridized carbons (Fsp3) is 0.400. The first-order valence-corrected chi connectivity index (χ1v) is 15.2. The van der Waals surface area contributed by atoms with E-state index < -0.39 is 15.3 Å². The summed E-state index contributed by atoms with van der Waals surface area (Å²) in [6, 6.07) is 11.6. The van der Waals surface area contributed by atoms with Gasteiger partial charge in [-0.15, -0.1) is 10.2 Å². The number of hydrogen-bond donors (Lipinski definition) is 1. The van der Waals surface area contributed by atoms with Crippen LogP contribution in [-0.2, 0) is 19.6 Å². The van der Waals surface area contributed by atoms with E-state index in [1.54, 1.807) is 43.3 Å². The molecule has 2 atom stereocenters. The Bertz CT molecular complexity index is 1390. The first-order chi connectivity index (χ1) is 18.1. The molecule has 0 bridgehead atoms. The lowest BCUT2D eigenvalue weighted by Crippen LogP contribution is -2.40. The van der Waals surface area contributed by atoms with Crippen molar-refractivity contribution >= 4 is 56.6 Å². The first-order valence-electron chi connectivity index (χ1n) is 12.2. The molecule has 3 aromatic rings. The summed E-state index contributed by atoms with van der Waals surface area (Å²) in [6.45, 7) is 7.23. The molecule has 9 nitrogen and oxygen atoms in total. The van der Waals surface area contributed by atoms with Crippen molar-refractivity contribution in [3.05, 3.63) is 52.5 Å². The van der Waals surface area contributed by atoms with Crippen LogP contribution in [0.4, 0.5) is 5.69 Å². The Morgan fingerprint density at radius 2 is 1.79 bits per heavy atom. The molecule has 0 aliphatic carbocycles. The number of amides is 1. The maximum Gasteiger partial charge on any atom is 0.243 e. The Hall–Kier alpha value is -2.15. The van der Waals surface area contributed by atoms with Crippen LogP contribution in [0.15, 0.2) is 52.5 Å². The number of nitrogens with zero attached hydrogens (tertiary/aromatic N) is 4. The van der Waals surface area contributed by atoms with Crippen LogP contribution in [-0.4, -0.2) is 64.9 Å². The number of morpholine rings is 1. The minimum Gasteiger partial charge on any atom is -0.379 e. The summed E-state index contributed by atoms with van der Waals surface area (Å²) in [7, 11) is -3.67. The van der Waals surface area contributed by atoms with Gasteiger partial charge in [0.25, 0.3) is 0 Å². The average Bonchev–Trinajstić information content (AvgIpc) is 3.31. The van der Waals surface area contributed by atoms with E-state index >= 15 is 0 Å². The summed E-state index contributed by atoms with van der Waals surface area (Å²) < 4.78 is 35.1. The van der Waals surface area contributed by atoms with Gasteiger partial charge in [0.2, 0.25) is 15.9 Å². The van der Waals surface area contributed by atoms with Gasteiger partial charge in [-0.3, -0.25) is 9.36 Å². The number of anilines is 1. The van der Waals surface area contributed by atoms with E-state index in [0.717, 1.165) is 6.42 Å². The van der Waals surface area contributed by atoms with E-state index in [-0.39, 0.29) is 16.8 Å². The standard InChI is InChI=1S/C25H29Cl2N5O4S2/c1-4-16(2)32-23(18-6-5-7-22(12-18)38(34,35)31-8-10-36-11-9-31)29-30-25(32)37-17(3)24(33)28-21-14-19(26)13-20(27)15-21/h5-7,12-17H,4,8-11H2,1-3H3,(H,28,33)/t16-,17+/m1/s1. The molecule has 0 saturated carbocycles. The van der Waals surface area contributed by atoms with E-state index in [1.165, 1.54) is 16.1 Å². The van der Waals surface area contributed by atoms with Gasteiger partial charge >= 0.3 is 0 Å². The highest BCUT2D eigenvalue weighted by Crippen LogP contribution is 2.33. The molecule has 1 saturated heterocycles. The molecule has 4 rings (SSSR count). The number of rotatable bonds is 9. The topological polar surface area (TPSA) is 106 Å². The molecular formula is C25H29Cl2N5O4S2. The Morgan fingerprint density at radius 1 is 1.11 bits per heavy atom. The van der Waals surface area contributed by atoms with Gasteiger partial charge in [0.05, 0.1) is 23.4 Å². The zero-order valence-electron chi connectivity index (χ0n) is 21.2. The van der Waals surface area contributed by atoms with Crippen LogP contribution in [0, 0.1) is 0 Å². The molecule has 2 heterocycles. The van der Waals surface area contributed by atoms with Crippen molar-refractivity contribution in [2.75, 3.05) is 31.6 Å². The van der Waals surface area contributed by atoms with Crippen LogP contribution in [0.3, 0.4) is 0 Å². The highest BCUT2D eigenvalue weighted by molar-refractivity contribution is 8.00. The minimum atomic E-state index is -3.67. The lowest BCUT2D eigenvalue weighted by Gasteiger charge is -2.26. The predicted octanol–water partition coefficient (Wildman–Crippen LogP) is 5.36. The number of carbonyl (C=O) groups excluding carboxylic acids is 1. The fourth-order valence-corrected chi connectivity index (χ4v) is 6.88. The number of carbonyl (C=O) groups is 1. The Kier molecular flexibility index (Phi) is 9.38. The second-order valence-electron chi connectivity index (χ2n) is 8.89. The Morgan fingerprint density at radius 3 is 2.45 bits per heavy atom. The summed E-state index contributed by atoms with van der Waals surface area (Å²) in [5.41, 5.74) is 1.13. The molecule has 13 heteroatoms. The molecule has 0 spiro atoms. The van der Waals surface area contributed by atoms with Gasteiger partial charge in [-0.1, -0.05) is 54.0 Å². The average molecular weight is 599 g/mol. The monoisotopic (exact) mass is 597 g/mol. The summed E-state index contributed by atoms with van der Waals surface area (Å²) in [5, 5.41) is 12.5. The third kappa shape index (κ3) is 6.52. The van der Waals surface area contributed by atoms with Gasteiger partial charge in [0, 0.05) is 40.4 Å². The molecule has 0 radical (unpaired) electrons. The molecule has 204 valence electrons. The van der Waals surface area contributed by atoms with Crippen LogP contribution >= 0.6 is 35.0 Å². The molecule has 38 heavy (non-hydrogen) atoms. The highest BCUT2D eigenvalue weighted by atomic mass is 35.5. The molecule has 1 aliphatic heterocycles. The molecule has 2 aromatic carbocycles. The van der Waals surface area contributed by atoms with Crippen molar-refractivity contribution < 1.29 is 17.9 Å². The first kappa shape index (κ1) is 28.8. The molecule has 1 aromatic heterocycles. The van der Waals surface area contributed by atoms with E-state index in [1.807, 2.05) is 24.5 Å². The third-order valence-corrected chi connectivity index (χ3v) is 9.57. The van der Waals surface area contributed by atoms with Crippen LogP contribution in [0.25, 0.3) is 11.4 Å². The van der Waals surface area contributed by atoms with Crippen molar-refractivity contribution in [3.8, 4) is 11.4 Å². The lowest BCUT2D eigenvalue weighted by molar-refractivity contribution is -0.115. The highest BCUT2D eigenvalue weighted by Gasteiger charge is 2.28. The number of hydrogen-bond acceptors (Lipinski definition) is 7. The summed E-state index contributed by atoms with van der Waals surface area (Å²) in [5.74, 6) is 0.294. The molecule has 1 N–H and O–H groups in total. The van der Waals surface area contributed by atoms with Crippen molar-refractivity contribution in [3.63, 3.8) is 0 Å². The Balaban J connectivity index is 1.60. The zero-order valence-corrected chi connectivity index (χ0v) is 24.4. The van der Waals surface area contributed by atoms with Crippen molar-refractivity contribution in [2.45, 2.75) is 48.5 Å². The summed E-state index contributed by atoms with van der Waals surface area (Å²) in [6.07, 6.45) is 0.784. The van der Waals surface area contributed by atoms with E-state index in [2.05, 4.69) is 15.5 Å². The molecular weight excluding hydrogens is 569 g/mol. The normalized spacial score (nSPS) is 16.2. The number of benzene rings is 2. The third-order valence-electron chi connectivity index (χ3n) is 6.18. The van der Waals surface area contributed by atoms with E-state index in [0.29, 0.717) is 58.6 Å². The molecule has 1 aliphatic rings. The largest absolute Gasteiger partial charge is 0.379 e. The van der Waals surface area contributed by atoms with Crippen molar-refractivity contribution in [2.24, 2.45) is 0 Å². The SMILES string of the molecule is CC[C@@H](C)n1c(S[C@@H](C)C(=O)Nc2cc(Cl)cc(Cl)c2)nnc1-c1cccc(S(=O)(=O)N2CCOCC2)c1. The number of aromatic nitrogens is 3. The van der Waals surface area contributed by atoms with E-state index in [9.17, 15) is 13.2 Å². The second kappa shape index (κ2) is 12.4.